The summed E-state index contributed by atoms with van der Waals surface area (Å²) in [7, 11) is 0. The third-order valence-electron chi connectivity index (χ3n) is 4.49. The molecule has 104 valence electrons. The van der Waals surface area contributed by atoms with Crippen molar-refractivity contribution in [3.05, 3.63) is 34.9 Å². The summed E-state index contributed by atoms with van der Waals surface area (Å²) in [6.07, 6.45) is 7.53. The van der Waals surface area contributed by atoms with Gasteiger partial charge in [0.1, 0.15) is 0 Å². The molecule has 0 radical (unpaired) electrons. The van der Waals surface area contributed by atoms with Gasteiger partial charge in [-0.1, -0.05) is 25.5 Å². The van der Waals surface area contributed by atoms with Gasteiger partial charge in [-0.15, -0.1) is 0 Å². The molecule has 1 fully saturated rings. The van der Waals surface area contributed by atoms with E-state index in [1.165, 1.54) is 47.2 Å². The fraction of sp³-hybridized carbons (Fsp3) is 0.556. The van der Waals surface area contributed by atoms with Gasteiger partial charge in [-0.05, 0) is 74.3 Å². The summed E-state index contributed by atoms with van der Waals surface area (Å²) in [6, 6.07) is 4.70. The standard InChI is InChI=1S/C18H27N/c1-5-13(3)17-11-18(14(4)10-16(17)6-2)19-12-15-8-7-9-15/h5,10-11,15,19H,6-9,12H2,1-4H3. The maximum Gasteiger partial charge on any atom is 0.0376 e. The highest BCUT2D eigenvalue weighted by atomic mass is 14.9. The average Bonchev–Trinajstić information content (AvgIpc) is 2.37. The first-order chi connectivity index (χ1) is 9.15. The Morgan fingerprint density at radius 2 is 2.11 bits per heavy atom. The lowest BCUT2D eigenvalue weighted by molar-refractivity contribution is 0.333. The molecule has 1 heteroatoms. The molecule has 1 N–H and O–H groups in total. The molecule has 0 heterocycles. The van der Waals surface area contributed by atoms with E-state index in [2.05, 4.69) is 51.2 Å². The minimum absolute atomic E-state index is 0.900. The number of hydrogen-bond donors (Lipinski definition) is 1. The van der Waals surface area contributed by atoms with Crippen LogP contribution in [0.3, 0.4) is 0 Å². The first-order valence-electron chi connectivity index (χ1n) is 7.66. The zero-order valence-corrected chi connectivity index (χ0v) is 12.8. The first-order valence-corrected chi connectivity index (χ1v) is 7.66. The number of benzene rings is 1. The van der Waals surface area contributed by atoms with Crippen LogP contribution in [0.25, 0.3) is 5.57 Å². The number of aryl methyl sites for hydroxylation is 2. The van der Waals surface area contributed by atoms with Crippen molar-refractivity contribution in [3.8, 4) is 0 Å². The number of hydrogen-bond acceptors (Lipinski definition) is 1. The Bertz CT molecular complexity index is 467. The van der Waals surface area contributed by atoms with Gasteiger partial charge < -0.3 is 5.32 Å². The molecule has 0 aromatic heterocycles. The number of allylic oxidation sites excluding steroid dienone is 2. The number of anilines is 1. The van der Waals surface area contributed by atoms with Crippen LogP contribution in [0, 0.1) is 12.8 Å². The molecule has 1 aliphatic carbocycles. The highest BCUT2D eigenvalue weighted by Gasteiger charge is 2.17. The van der Waals surface area contributed by atoms with E-state index in [1.807, 2.05) is 0 Å². The summed E-state index contributed by atoms with van der Waals surface area (Å²) in [6.45, 7) is 9.93. The Balaban J connectivity index is 2.22. The van der Waals surface area contributed by atoms with Gasteiger partial charge in [0, 0.05) is 12.2 Å². The molecule has 1 aromatic rings. The zero-order valence-electron chi connectivity index (χ0n) is 12.8. The predicted molar refractivity (Wildman–Crippen MR) is 85.7 cm³/mol. The zero-order chi connectivity index (χ0) is 13.8. The van der Waals surface area contributed by atoms with Crippen molar-refractivity contribution in [2.24, 2.45) is 5.92 Å². The molecular formula is C18H27N. The molecule has 19 heavy (non-hydrogen) atoms. The van der Waals surface area contributed by atoms with E-state index in [0.717, 1.165) is 18.9 Å². The van der Waals surface area contributed by atoms with Crippen molar-refractivity contribution in [2.45, 2.75) is 53.4 Å². The van der Waals surface area contributed by atoms with E-state index in [4.69, 9.17) is 0 Å². The Morgan fingerprint density at radius 3 is 2.63 bits per heavy atom. The third-order valence-corrected chi connectivity index (χ3v) is 4.49. The Morgan fingerprint density at radius 1 is 1.37 bits per heavy atom. The summed E-state index contributed by atoms with van der Waals surface area (Å²) >= 11 is 0. The van der Waals surface area contributed by atoms with Crippen molar-refractivity contribution >= 4 is 11.3 Å². The lowest BCUT2D eigenvalue weighted by Crippen LogP contribution is -2.21. The Hall–Kier alpha value is -1.24. The SMILES string of the molecule is CC=C(C)c1cc(NCC2CCC2)c(C)cc1CC. The molecule has 1 nitrogen and oxygen atoms in total. The van der Waals surface area contributed by atoms with Crippen molar-refractivity contribution in [1.29, 1.82) is 0 Å². The fourth-order valence-electron chi connectivity index (χ4n) is 2.72. The van der Waals surface area contributed by atoms with Crippen LogP contribution in [0.5, 0.6) is 0 Å². The minimum Gasteiger partial charge on any atom is -0.385 e. The van der Waals surface area contributed by atoms with E-state index < -0.39 is 0 Å². The van der Waals surface area contributed by atoms with Gasteiger partial charge >= 0.3 is 0 Å². The van der Waals surface area contributed by atoms with Gasteiger partial charge in [-0.25, -0.2) is 0 Å². The molecule has 1 aliphatic rings. The highest BCUT2D eigenvalue weighted by Crippen LogP contribution is 2.30. The van der Waals surface area contributed by atoms with Crippen molar-refractivity contribution in [2.75, 3.05) is 11.9 Å². The van der Waals surface area contributed by atoms with Crippen LogP contribution >= 0.6 is 0 Å². The molecule has 1 aromatic carbocycles. The molecule has 0 bridgehead atoms. The first kappa shape index (κ1) is 14.2. The van der Waals surface area contributed by atoms with Gasteiger partial charge in [-0.2, -0.15) is 0 Å². The monoisotopic (exact) mass is 257 g/mol. The maximum atomic E-state index is 3.66. The van der Waals surface area contributed by atoms with Crippen LogP contribution in [-0.2, 0) is 6.42 Å². The second kappa shape index (κ2) is 6.27. The van der Waals surface area contributed by atoms with Crippen molar-refractivity contribution < 1.29 is 0 Å². The van der Waals surface area contributed by atoms with Crippen molar-refractivity contribution in [3.63, 3.8) is 0 Å². The number of rotatable bonds is 5. The van der Waals surface area contributed by atoms with Crippen LogP contribution < -0.4 is 5.32 Å². The van der Waals surface area contributed by atoms with Gasteiger partial charge in [0.25, 0.3) is 0 Å². The number of nitrogens with one attached hydrogen (secondary N) is 1. The van der Waals surface area contributed by atoms with E-state index in [-0.39, 0.29) is 0 Å². The normalized spacial score (nSPS) is 16.3. The molecule has 0 spiro atoms. The van der Waals surface area contributed by atoms with Crippen LogP contribution in [0.2, 0.25) is 0 Å². The van der Waals surface area contributed by atoms with E-state index in [0.29, 0.717) is 0 Å². The lowest BCUT2D eigenvalue weighted by atomic mass is 9.85. The van der Waals surface area contributed by atoms with Gasteiger partial charge in [0.15, 0.2) is 0 Å². The topological polar surface area (TPSA) is 12.0 Å². The average molecular weight is 257 g/mol. The largest absolute Gasteiger partial charge is 0.385 e. The summed E-state index contributed by atoms with van der Waals surface area (Å²) in [5.74, 6) is 0.900. The minimum atomic E-state index is 0.900. The second-order valence-electron chi connectivity index (χ2n) is 5.83. The third kappa shape index (κ3) is 3.20. The molecule has 0 atom stereocenters. The van der Waals surface area contributed by atoms with Crippen molar-refractivity contribution in [1.82, 2.24) is 0 Å². The quantitative estimate of drug-likeness (QED) is 0.765. The van der Waals surface area contributed by atoms with E-state index in [9.17, 15) is 0 Å². The summed E-state index contributed by atoms with van der Waals surface area (Å²) in [5, 5.41) is 3.66. The Labute approximate surface area is 118 Å². The van der Waals surface area contributed by atoms with Gasteiger partial charge in [0.2, 0.25) is 0 Å². The lowest BCUT2D eigenvalue weighted by Gasteiger charge is -2.26. The summed E-state index contributed by atoms with van der Waals surface area (Å²) in [5.41, 5.74) is 6.95. The summed E-state index contributed by atoms with van der Waals surface area (Å²) in [4.78, 5) is 0. The molecule has 2 rings (SSSR count). The molecule has 0 aliphatic heterocycles. The Kier molecular flexibility index (Phi) is 4.68. The molecule has 0 saturated heterocycles. The van der Waals surface area contributed by atoms with Crippen LogP contribution in [0.4, 0.5) is 5.69 Å². The van der Waals surface area contributed by atoms with Crippen LogP contribution in [-0.4, -0.2) is 6.54 Å². The van der Waals surface area contributed by atoms with Crippen LogP contribution in [0.1, 0.15) is 56.7 Å². The highest BCUT2D eigenvalue weighted by molar-refractivity contribution is 5.71. The molecule has 1 saturated carbocycles. The second-order valence-corrected chi connectivity index (χ2v) is 5.83. The summed E-state index contributed by atoms with van der Waals surface area (Å²) < 4.78 is 0. The molecule has 0 amide bonds. The fourth-order valence-corrected chi connectivity index (χ4v) is 2.72. The van der Waals surface area contributed by atoms with Crippen LogP contribution in [0.15, 0.2) is 18.2 Å². The van der Waals surface area contributed by atoms with E-state index in [1.54, 1.807) is 0 Å². The van der Waals surface area contributed by atoms with Gasteiger partial charge in [0.05, 0.1) is 0 Å². The molecular weight excluding hydrogens is 230 g/mol. The van der Waals surface area contributed by atoms with Gasteiger partial charge in [-0.3, -0.25) is 0 Å². The predicted octanol–water partition coefficient (Wildman–Crippen LogP) is 5.19. The molecule has 0 unspecified atom stereocenters. The van der Waals surface area contributed by atoms with E-state index >= 15 is 0 Å². The smallest absolute Gasteiger partial charge is 0.0376 e. The maximum absolute atomic E-state index is 3.66.